The fourth-order valence-electron chi connectivity index (χ4n) is 3.93. The average molecular weight is 277 g/mol. The number of likely N-dealkylation sites (tertiary alicyclic amines) is 1. The smallest absolute Gasteiger partial charge is 0.311 e. The van der Waals surface area contributed by atoms with Gasteiger partial charge in [-0.05, 0) is 42.9 Å². The van der Waals surface area contributed by atoms with E-state index in [2.05, 4.69) is 4.90 Å². The maximum Gasteiger partial charge on any atom is 0.311 e. The van der Waals surface area contributed by atoms with Gasteiger partial charge >= 0.3 is 5.97 Å². The Bertz CT molecular complexity index is 545. The molecule has 1 heterocycles. The molecule has 0 bridgehead atoms. The number of carboxylic acids is 1. The van der Waals surface area contributed by atoms with E-state index in [1.165, 1.54) is 6.07 Å². The van der Waals surface area contributed by atoms with Crippen LogP contribution in [0.2, 0.25) is 0 Å². The maximum absolute atomic E-state index is 13.3. The number of carboxylic acid groups (broad SMARTS) is 1. The van der Waals surface area contributed by atoms with Crippen molar-refractivity contribution in [2.45, 2.75) is 32.7 Å². The molecule has 108 valence electrons. The van der Waals surface area contributed by atoms with Crippen LogP contribution in [0.25, 0.3) is 0 Å². The Balaban J connectivity index is 1.74. The lowest BCUT2D eigenvalue weighted by Crippen LogP contribution is -2.35. The second kappa shape index (κ2) is 4.85. The molecule has 4 heteroatoms. The second-order valence-electron chi connectivity index (χ2n) is 6.30. The SMILES string of the molecule is Cc1cc(CN2C[C@@H]3CCC[C@@]3(C(=O)O)C2)ccc1F. The Labute approximate surface area is 118 Å². The Morgan fingerprint density at radius 1 is 1.55 bits per heavy atom. The zero-order chi connectivity index (χ0) is 14.3. The molecule has 1 aromatic rings. The summed E-state index contributed by atoms with van der Waals surface area (Å²) in [5.41, 5.74) is 1.17. The van der Waals surface area contributed by atoms with Gasteiger partial charge in [0.15, 0.2) is 0 Å². The van der Waals surface area contributed by atoms with Crippen molar-refractivity contribution in [3.63, 3.8) is 0 Å². The highest BCUT2D eigenvalue weighted by Gasteiger charge is 2.54. The van der Waals surface area contributed by atoms with Gasteiger partial charge in [0.25, 0.3) is 0 Å². The average Bonchev–Trinajstić information content (AvgIpc) is 2.91. The van der Waals surface area contributed by atoms with E-state index in [0.717, 1.165) is 31.4 Å². The molecular formula is C16H20FNO2. The Morgan fingerprint density at radius 2 is 2.35 bits per heavy atom. The van der Waals surface area contributed by atoms with Crippen molar-refractivity contribution in [2.24, 2.45) is 11.3 Å². The number of aliphatic carboxylic acids is 1. The standard InChI is InChI=1S/C16H20FNO2/c1-11-7-12(4-5-14(11)17)8-18-9-13-3-2-6-16(13,10-18)15(19)20/h4-5,7,13H,2-3,6,8-10H2,1H3,(H,19,20)/t13-,16+/m0/s1. The molecule has 20 heavy (non-hydrogen) atoms. The summed E-state index contributed by atoms with van der Waals surface area (Å²) in [6, 6.07) is 5.15. The highest BCUT2D eigenvalue weighted by atomic mass is 19.1. The van der Waals surface area contributed by atoms with Crippen LogP contribution in [0.15, 0.2) is 18.2 Å². The zero-order valence-corrected chi connectivity index (χ0v) is 11.7. The summed E-state index contributed by atoms with van der Waals surface area (Å²) in [5.74, 6) is -0.548. The van der Waals surface area contributed by atoms with E-state index in [1.54, 1.807) is 13.0 Å². The van der Waals surface area contributed by atoms with E-state index in [-0.39, 0.29) is 11.7 Å². The van der Waals surface area contributed by atoms with Crippen LogP contribution in [0.1, 0.15) is 30.4 Å². The molecule has 3 nitrogen and oxygen atoms in total. The highest BCUT2D eigenvalue weighted by molar-refractivity contribution is 5.76. The Hall–Kier alpha value is -1.42. The summed E-state index contributed by atoms with van der Waals surface area (Å²) in [5, 5.41) is 9.56. The molecule has 0 aromatic heterocycles. The summed E-state index contributed by atoms with van der Waals surface area (Å²) in [6.07, 6.45) is 2.84. The number of hydrogen-bond acceptors (Lipinski definition) is 2. The van der Waals surface area contributed by atoms with Crippen LogP contribution in [-0.2, 0) is 11.3 Å². The molecule has 1 saturated carbocycles. The van der Waals surface area contributed by atoms with Gasteiger partial charge in [0.05, 0.1) is 5.41 Å². The minimum Gasteiger partial charge on any atom is -0.481 e. The normalized spacial score (nSPS) is 29.6. The minimum absolute atomic E-state index is 0.186. The van der Waals surface area contributed by atoms with Crippen LogP contribution < -0.4 is 0 Å². The van der Waals surface area contributed by atoms with Crippen molar-refractivity contribution in [3.05, 3.63) is 35.1 Å². The largest absolute Gasteiger partial charge is 0.481 e. The van der Waals surface area contributed by atoms with Crippen LogP contribution >= 0.6 is 0 Å². The highest BCUT2D eigenvalue weighted by Crippen LogP contribution is 2.49. The van der Waals surface area contributed by atoms with E-state index < -0.39 is 11.4 Å². The molecule has 1 saturated heterocycles. The summed E-state index contributed by atoms with van der Waals surface area (Å²) in [4.78, 5) is 13.8. The first kappa shape index (κ1) is 13.6. The second-order valence-corrected chi connectivity index (χ2v) is 6.30. The summed E-state index contributed by atoms with van der Waals surface area (Å²) in [6.45, 7) is 3.95. The van der Waals surface area contributed by atoms with Gasteiger partial charge in [-0.15, -0.1) is 0 Å². The summed E-state index contributed by atoms with van der Waals surface area (Å²) < 4.78 is 13.3. The number of hydrogen-bond donors (Lipinski definition) is 1. The lowest BCUT2D eigenvalue weighted by Gasteiger charge is -2.23. The molecule has 3 rings (SSSR count). The molecule has 1 aromatic carbocycles. The van der Waals surface area contributed by atoms with Crippen molar-refractivity contribution in [1.29, 1.82) is 0 Å². The fraction of sp³-hybridized carbons (Fsp3) is 0.562. The third kappa shape index (κ3) is 2.12. The molecule has 0 radical (unpaired) electrons. The maximum atomic E-state index is 13.3. The van der Waals surface area contributed by atoms with Gasteiger partial charge in [-0.25, -0.2) is 4.39 Å². The van der Waals surface area contributed by atoms with Crippen LogP contribution in [0, 0.1) is 24.1 Å². The first-order chi connectivity index (χ1) is 9.51. The van der Waals surface area contributed by atoms with Crippen molar-refractivity contribution in [3.8, 4) is 0 Å². The number of nitrogens with zero attached hydrogens (tertiary/aromatic N) is 1. The van der Waals surface area contributed by atoms with Crippen LogP contribution in [-0.4, -0.2) is 29.1 Å². The number of rotatable bonds is 3. The lowest BCUT2D eigenvalue weighted by molar-refractivity contribution is -0.149. The molecule has 0 amide bonds. The predicted molar refractivity (Wildman–Crippen MR) is 73.8 cm³/mol. The number of fused-ring (bicyclic) bond motifs is 1. The summed E-state index contributed by atoms with van der Waals surface area (Å²) in [7, 11) is 0. The van der Waals surface area contributed by atoms with Gasteiger partial charge < -0.3 is 5.11 Å². The number of halogens is 1. The van der Waals surface area contributed by atoms with E-state index in [0.29, 0.717) is 18.7 Å². The molecule has 2 atom stereocenters. The van der Waals surface area contributed by atoms with E-state index in [4.69, 9.17) is 0 Å². The van der Waals surface area contributed by atoms with Gasteiger partial charge in [0.2, 0.25) is 0 Å². The van der Waals surface area contributed by atoms with Crippen molar-refractivity contribution in [1.82, 2.24) is 4.90 Å². The number of carbonyl (C=O) groups is 1. The molecule has 1 aliphatic heterocycles. The van der Waals surface area contributed by atoms with Crippen molar-refractivity contribution >= 4 is 5.97 Å². The summed E-state index contributed by atoms with van der Waals surface area (Å²) >= 11 is 0. The Kier molecular flexibility index (Phi) is 3.28. The molecular weight excluding hydrogens is 257 g/mol. The quantitative estimate of drug-likeness (QED) is 0.923. The first-order valence-electron chi connectivity index (χ1n) is 7.22. The fourth-order valence-corrected chi connectivity index (χ4v) is 3.93. The van der Waals surface area contributed by atoms with Gasteiger partial charge in [0.1, 0.15) is 5.82 Å². The minimum atomic E-state index is -0.641. The lowest BCUT2D eigenvalue weighted by atomic mass is 9.81. The van der Waals surface area contributed by atoms with Crippen LogP contribution in [0.3, 0.4) is 0 Å². The predicted octanol–water partition coefficient (Wildman–Crippen LogP) is 2.82. The topological polar surface area (TPSA) is 40.5 Å². The molecule has 2 fully saturated rings. The number of benzene rings is 1. The number of aryl methyl sites for hydroxylation is 1. The molecule has 2 aliphatic rings. The van der Waals surface area contributed by atoms with E-state index >= 15 is 0 Å². The van der Waals surface area contributed by atoms with Gasteiger partial charge in [-0.1, -0.05) is 18.6 Å². The molecule has 1 aliphatic carbocycles. The van der Waals surface area contributed by atoms with Crippen LogP contribution in [0.4, 0.5) is 4.39 Å². The van der Waals surface area contributed by atoms with E-state index in [9.17, 15) is 14.3 Å². The third-order valence-electron chi connectivity index (χ3n) is 5.00. The van der Waals surface area contributed by atoms with Gasteiger partial charge in [0, 0.05) is 19.6 Å². The monoisotopic (exact) mass is 277 g/mol. The Morgan fingerprint density at radius 3 is 3.00 bits per heavy atom. The van der Waals surface area contributed by atoms with Crippen LogP contribution in [0.5, 0.6) is 0 Å². The van der Waals surface area contributed by atoms with Crippen molar-refractivity contribution < 1.29 is 14.3 Å². The molecule has 0 spiro atoms. The van der Waals surface area contributed by atoms with Crippen molar-refractivity contribution in [2.75, 3.05) is 13.1 Å². The van der Waals surface area contributed by atoms with Gasteiger partial charge in [-0.2, -0.15) is 0 Å². The molecule has 0 unspecified atom stereocenters. The first-order valence-corrected chi connectivity index (χ1v) is 7.22. The third-order valence-corrected chi connectivity index (χ3v) is 5.00. The van der Waals surface area contributed by atoms with Gasteiger partial charge in [-0.3, -0.25) is 9.69 Å². The van der Waals surface area contributed by atoms with E-state index in [1.807, 2.05) is 6.07 Å². The zero-order valence-electron chi connectivity index (χ0n) is 11.7. The molecule has 1 N–H and O–H groups in total.